The molecule has 142 valence electrons. The summed E-state index contributed by atoms with van der Waals surface area (Å²) >= 11 is 0. The van der Waals surface area contributed by atoms with Crippen LogP contribution in [0.25, 0.3) is 0 Å². The van der Waals surface area contributed by atoms with E-state index in [4.69, 9.17) is 4.74 Å². The summed E-state index contributed by atoms with van der Waals surface area (Å²) in [4.78, 5) is 29.1. The Hall–Kier alpha value is -2.82. The molecule has 0 unspecified atom stereocenters. The SMILES string of the molecule is CCOc1ccccc1N1CCN(C(=O)CCc2ccccc2)[C@@H](C)C1=O. The number of anilines is 1. The van der Waals surface area contributed by atoms with Crippen LogP contribution < -0.4 is 9.64 Å². The molecule has 2 aromatic carbocycles. The van der Waals surface area contributed by atoms with Crippen LogP contribution in [0.5, 0.6) is 5.75 Å². The van der Waals surface area contributed by atoms with E-state index in [0.29, 0.717) is 38.3 Å². The summed E-state index contributed by atoms with van der Waals surface area (Å²) in [6.45, 7) is 5.27. The fraction of sp³-hybridized carbons (Fsp3) is 0.364. The van der Waals surface area contributed by atoms with Crippen molar-refractivity contribution in [1.29, 1.82) is 0 Å². The highest BCUT2D eigenvalue weighted by atomic mass is 16.5. The number of carbonyl (C=O) groups excluding carboxylic acids is 2. The van der Waals surface area contributed by atoms with Gasteiger partial charge in [0.1, 0.15) is 11.8 Å². The van der Waals surface area contributed by atoms with E-state index < -0.39 is 6.04 Å². The van der Waals surface area contributed by atoms with Crippen molar-refractivity contribution in [2.24, 2.45) is 0 Å². The van der Waals surface area contributed by atoms with Crippen LogP contribution in [-0.2, 0) is 16.0 Å². The lowest BCUT2D eigenvalue weighted by Gasteiger charge is -2.39. The Morgan fingerprint density at radius 3 is 2.52 bits per heavy atom. The van der Waals surface area contributed by atoms with Crippen LogP contribution in [0.2, 0.25) is 0 Å². The first-order valence-electron chi connectivity index (χ1n) is 9.48. The molecule has 1 aliphatic rings. The third-order valence-electron chi connectivity index (χ3n) is 4.90. The standard InChI is InChI=1S/C22H26N2O3/c1-3-27-20-12-8-7-11-19(20)24-16-15-23(17(2)22(24)26)21(25)14-13-18-9-5-4-6-10-18/h4-12,17H,3,13-16H2,1-2H3/t17-/m0/s1. The van der Waals surface area contributed by atoms with Crippen LogP contribution in [0.1, 0.15) is 25.8 Å². The van der Waals surface area contributed by atoms with Crippen molar-refractivity contribution in [2.75, 3.05) is 24.6 Å². The van der Waals surface area contributed by atoms with E-state index in [-0.39, 0.29) is 11.8 Å². The highest BCUT2D eigenvalue weighted by Gasteiger charge is 2.35. The lowest BCUT2D eigenvalue weighted by atomic mass is 10.1. The summed E-state index contributed by atoms with van der Waals surface area (Å²) in [6, 6.07) is 17.0. The average molecular weight is 366 g/mol. The third kappa shape index (κ3) is 4.30. The minimum Gasteiger partial charge on any atom is -0.492 e. The van der Waals surface area contributed by atoms with Gasteiger partial charge >= 0.3 is 0 Å². The second-order valence-electron chi connectivity index (χ2n) is 6.64. The maximum absolute atomic E-state index is 12.9. The van der Waals surface area contributed by atoms with Crippen molar-refractivity contribution >= 4 is 17.5 Å². The number of benzene rings is 2. The van der Waals surface area contributed by atoms with Gasteiger partial charge in [0.2, 0.25) is 11.8 Å². The van der Waals surface area contributed by atoms with Gasteiger partial charge in [-0.3, -0.25) is 9.59 Å². The second kappa shape index (κ2) is 8.71. The van der Waals surface area contributed by atoms with Crippen molar-refractivity contribution in [3.8, 4) is 5.75 Å². The maximum Gasteiger partial charge on any atom is 0.249 e. The van der Waals surface area contributed by atoms with Gasteiger partial charge < -0.3 is 14.5 Å². The zero-order chi connectivity index (χ0) is 19.2. The Balaban J connectivity index is 1.66. The van der Waals surface area contributed by atoms with Crippen molar-refractivity contribution in [1.82, 2.24) is 4.90 Å². The zero-order valence-electron chi connectivity index (χ0n) is 15.9. The Bertz CT molecular complexity index is 791. The summed E-state index contributed by atoms with van der Waals surface area (Å²) in [7, 11) is 0. The topological polar surface area (TPSA) is 49.9 Å². The highest BCUT2D eigenvalue weighted by molar-refractivity contribution is 6.01. The van der Waals surface area contributed by atoms with Crippen LogP contribution in [0.3, 0.4) is 0 Å². The van der Waals surface area contributed by atoms with Crippen LogP contribution >= 0.6 is 0 Å². The number of rotatable bonds is 6. The molecule has 1 atom stereocenters. The van der Waals surface area contributed by atoms with E-state index in [0.717, 1.165) is 11.3 Å². The number of nitrogens with zero attached hydrogens (tertiary/aromatic N) is 2. The van der Waals surface area contributed by atoms with E-state index in [2.05, 4.69) is 0 Å². The van der Waals surface area contributed by atoms with Gasteiger partial charge in [-0.2, -0.15) is 0 Å². The summed E-state index contributed by atoms with van der Waals surface area (Å²) in [5.74, 6) is 0.656. The molecule has 27 heavy (non-hydrogen) atoms. The molecule has 0 bridgehead atoms. The molecular weight excluding hydrogens is 340 g/mol. The Morgan fingerprint density at radius 2 is 1.78 bits per heavy atom. The molecule has 5 heteroatoms. The molecule has 3 rings (SSSR count). The van der Waals surface area contributed by atoms with Gasteiger partial charge in [-0.25, -0.2) is 0 Å². The third-order valence-corrected chi connectivity index (χ3v) is 4.90. The predicted molar refractivity (Wildman–Crippen MR) is 106 cm³/mol. The molecule has 1 fully saturated rings. The Kier molecular flexibility index (Phi) is 6.12. The average Bonchev–Trinajstić information content (AvgIpc) is 2.70. The fourth-order valence-electron chi connectivity index (χ4n) is 3.45. The molecule has 1 aliphatic heterocycles. The predicted octanol–water partition coefficient (Wildman–Crippen LogP) is 3.28. The van der Waals surface area contributed by atoms with Crippen molar-refractivity contribution in [2.45, 2.75) is 32.7 Å². The number of amides is 2. The molecule has 1 saturated heterocycles. The fourth-order valence-corrected chi connectivity index (χ4v) is 3.45. The normalized spacial score (nSPS) is 17.1. The largest absolute Gasteiger partial charge is 0.492 e. The minimum absolute atomic E-state index is 0.0254. The molecule has 0 N–H and O–H groups in total. The molecule has 0 aliphatic carbocycles. The first kappa shape index (κ1) is 19.0. The molecule has 2 amide bonds. The van der Waals surface area contributed by atoms with Gasteiger partial charge in [-0.1, -0.05) is 42.5 Å². The summed E-state index contributed by atoms with van der Waals surface area (Å²) in [6.07, 6.45) is 1.10. The van der Waals surface area contributed by atoms with Gasteiger partial charge in [-0.15, -0.1) is 0 Å². The van der Waals surface area contributed by atoms with E-state index in [9.17, 15) is 9.59 Å². The molecule has 5 nitrogen and oxygen atoms in total. The quantitative estimate of drug-likeness (QED) is 0.788. The molecule has 0 spiro atoms. The van der Waals surface area contributed by atoms with E-state index >= 15 is 0 Å². The smallest absolute Gasteiger partial charge is 0.249 e. The highest BCUT2D eigenvalue weighted by Crippen LogP contribution is 2.30. The first-order chi connectivity index (χ1) is 13.1. The number of hydrogen-bond donors (Lipinski definition) is 0. The van der Waals surface area contributed by atoms with Crippen LogP contribution in [0, 0.1) is 0 Å². The van der Waals surface area contributed by atoms with Gasteiger partial charge in [0.25, 0.3) is 0 Å². The minimum atomic E-state index is -0.475. The second-order valence-corrected chi connectivity index (χ2v) is 6.64. The number of piperazine rings is 1. The van der Waals surface area contributed by atoms with Crippen LogP contribution in [0.4, 0.5) is 5.69 Å². The number of aryl methyl sites for hydroxylation is 1. The zero-order valence-corrected chi connectivity index (χ0v) is 15.9. The van der Waals surface area contributed by atoms with Crippen molar-refractivity contribution in [3.05, 3.63) is 60.2 Å². The number of hydrogen-bond acceptors (Lipinski definition) is 3. The van der Waals surface area contributed by atoms with Gasteiger partial charge in [0.15, 0.2) is 0 Å². The lowest BCUT2D eigenvalue weighted by Crippen LogP contribution is -2.57. The molecule has 2 aromatic rings. The molecular formula is C22H26N2O3. The lowest BCUT2D eigenvalue weighted by molar-refractivity contribution is -0.140. The van der Waals surface area contributed by atoms with Crippen LogP contribution in [0.15, 0.2) is 54.6 Å². The maximum atomic E-state index is 12.9. The number of ether oxygens (including phenoxy) is 1. The Labute approximate surface area is 160 Å². The first-order valence-corrected chi connectivity index (χ1v) is 9.48. The van der Waals surface area contributed by atoms with Gasteiger partial charge in [-0.05, 0) is 38.0 Å². The van der Waals surface area contributed by atoms with Gasteiger partial charge in [0, 0.05) is 19.5 Å². The monoisotopic (exact) mass is 366 g/mol. The molecule has 0 saturated carbocycles. The van der Waals surface area contributed by atoms with Crippen LogP contribution in [-0.4, -0.2) is 42.5 Å². The van der Waals surface area contributed by atoms with Gasteiger partial charge in [0.05, 0.1) is 12.3 Å². The molecule has 0 radical (unpaired) electrons. The number of carbonyl (C=O) groups is 2. The Morgan fingerprint density at radius 1 is 1.07 bits per heavy atom. The summed E-state index contributed by atoms with van der Waals surface area (Å²) in [5, 5.41) is 0. The number of para-hydroxylation sites is 2. The summed E-state index contributed by atoms with van der Waals surface area (Å²) < 4.78 is 5.66. The van der Waals surface area contributed by atoms with E-state index in [1.165, 1.54) is 0 Å². The van der Waals surface area contributed by atoms with E-state index in [1.54, 1.807) is 16.7 Å². The van der Waals surface area contributed by atoms with Crippen molar-refractivity contribution in [3.63, 3.8) is 0 Å². The van der Waals surface area contributed by atoms with E-state index in [1.807, 2.05) is 61.5 Å². The molecule has 1 heterocycles. The molecule has 0 aromatic heterocycles. The summed E-state index contributed by atoms with van der Waals surface area (Å²) in [5.41, 5.74) is 1.90. The van der Waals surface area contributed by atoms with Crippen molar-refractivity contribution < 1.29 is 14.3 Å².